The van der Waals surface area contributed by atoms with Gasteiger partial charge in [-0.3, -0.25) is 0 Å². The molecule has 0 radical (unpaired) electrons. The highest BCUT2D eigenvalue weighted by Gasteiger charge is 2.33. The molecule has 0 unspecified atom stereocenters. The summed E-state index contributed by atoms with van der Waals surface area (Å²) in [5.41, 5.74) is 5.29. The highest BCUT2D eigenvalue weighted by molar-refractivity contribution is 4.87. The first-order chi connectivity index (χ1) is 7.47. The predicted octanol–water partition coefficient (Wildman–Crippen LogP) is 1.85. The van der Waals surface area contributed by atoms with Gasteiger partial charge in [0.25, 0.3) is 0 Å². The van der Waals surface area contributed by atoms with Crippen molar-refractivity contribution in [3.05, 3.63) is 0 Å². The Morgan fingerprint density at radius 3 is 2.25 bits per heavy atom. The maximum atomic E-state index is 11.7. The largest absolute Gasteiger partial charge is 0.411 e. The lowest BCUT2D eigenvalue weighted by Gasteiger charge is -2.27. The average Bonchev–Trinajstić information content (AvgIpc) is 2.65. The topological polar surface area (TPSA) is 44.5 Å². The monoisotopic (exact) mass is 241 g/mol. The van der Waals surface area contributed by atoms with Crippen LogP contribution in [0.3, 0.4) is 0 Å². The number of ether oxygens (including phenoxy) is 2. The van der Waals surface area contributed by atoms with E-state index in [9.17, 15) is 13.2 Å². The quantitative estimate of drug-likeness (QED) is 0.722. The second-order valence-electron chi connectivity index (χ2n) is 4.11. The fraction of sp³-hybridized carbons (Fsp3) is 1.00. The van der Waals surface area contributed by atoms with E-state index in [0.717, 1.165) is 25.7 Å². The molecule has 3 nitrogen and oxygen atoms in total. The first-order valence-electron chi connectivity index (χ1n) is 5.46. The number of hydrogen-bond donors (Lipinski definition) is 1. The van der Waals surface area contributed by atoms with E-state index < -0.39 is 12.8 Å². The summed E-state index contributed by atoms with van der Waals surface area (Å²) in [5, 5.41) is 0. The van der Waals surface area contributed by atoms with Gasteiger partial charge >= 0.3 is 6.18 Å². The van der Waals surface area contributed by atoms with Gasteiger partial charge in [0.1, 0.15) is 6.61 Å². The van der Waals surface area contributed by atoms with Crippen LogP contribution in [0, 0.1) is 0 Å². The summed E-state index contributed by atoms with van der Waals surface area (Å²) in [4.78, 5) is 0. The van der Waals surface area contributed by atoms with Gasteiger partial charge in [-0.2, -0.15) is 13.2 Å². The van der Waals surface area contributed by atoms with Gasteiger partial charge in [-0.15, -0.1) is 0 Å². The zero-order valence-electron chi connectivity index (χ0n) is 9.18. The van der Waals surface area contributed by atoms with Crippen molar-refractivity contribution >= 4 is 0 Å². The van der Waals surface area contributed by atoms with Crippen molar-refractivity contribution in [2.24, 2.45) is 5.73 Å². The summed E-state index contributed by atoms with van der Waals surface area (Å²) in [6.07, 6.45) is -0.342. The van der Waals surface area contributed by atoms with Gasteiger partial charge in [-0.1, -0.05) is 12.8 Å². The Balaban J connectivity index is 2.10. The van der Waals surface area contributed by atoms with Crippen LogP contribution in [0.1, 0.15) is 25.7 Å². The first kappa shape index (κ1) is 13.7. The maximum Gasteiger partial charge on any atom is 0.411 e. The fourth-order valence-electron chi connectivity index (χ4n) is 1.93. The van der Waals surface area contributed by atoms with E-state index in [4.69, 9.17) is 10.5 Å². The second kappa shape index (κ2) is 5.84. The van der Waals surface area contributed by atoms with E-state index in [1.165, 1.54) is 0 Å². The molecule has 0 atom stereocenters. The van der Waals surface area contributed by atoms with Gasteiger partial charge in [-0.05, 0) is 12.8 Å². The molecule has 0 aliphatic heterocycles. The van der Waals surface area contributed by atoms with E-state index in [2.05, 4.69) is 4.74 Å². The molecule has 0 aromatic carbocycles. The van der Waals surface area contributed by atoms with Crippen LogP contribution in [0.15, 0.2) is 0 Å². The number of rotatable bonds is 6. The number of hydrogen-bond acceptors (Lipinski definition) is 3. The Hall–Kier alpha value is -0.330. The fourth-order valence-corrected chi connectivity index (χ4v) is 1.93. The van der Waals surface area contributed by atoms with Gasteiger partial charge in [0.15, 0.2) is 0 Å². The molecular formula is C10H18F3NO2. The van der Waals surface area contributed by atoms with Crippen LogP contribution in [-0.2, 0) is 9.47 Å². The molecule has 1 saturated carbocycles. The minimum absolute atomic E-state index is 0.0404. The molecule has 2 N–H and O–H groups in total. The molecule has 0 amide bonds. The molecule has 16 heavy (non-hydrogen) atoms. The lowest BCUT2D eigenvalue weighted by atomic mass is 10.0. The zero-order valence-corrected chi connectivity index (χ0v) is 9.18. The van der Waals surface area contributed by atoms with Crippen molar-refractivity contribution in [2.45, 2.75) is 37.5 Å². The minimum Gasteiger partial charge on any atom is -0.371 e. The molecule has 0 saturated heterocycles. The van der Waals surface area contributed by atoms with Gasteiger partial charge in [0.2, 0.25) is 0 Å². The van der Waals surface area contributed by atoms with Gasteiger partial charge in [0, 0.05) is 6.54 Å². The third-order valence-electron chi connectivity index (χ3n) is 2.79. The van der Waals surface area contributed by atoms with Crippen molar-refractivity contribution in [2.75, 3.05) is 26.4 Å². The lowest BCUT2D eigenvalue weighted by molar-refractivity contribution is -0.179. The Kier molecular flexibility index (Phi) is 5.01. The van der Waals surface area contributed by atoms with Gasteiger partial charge in [-0.25, -0.2) is 0 Å². The van der Waals surface area contributed by atoms with E-state index in [1.54, 1.807) is 0 Å². The SMILES string of the molecule is NCC1(OCCOCC(F)(F)F)CCCC1. The molecule has 0 spiro atoms. The van der Waals surface area contributed by atoms with Crippen LogP contribution in [0.5, 0.6) is 0 Å². The third-order valence-corrected chi connectivity index (χ3v) is 2.79. The lowest BCUT2D eigenvalue weighted by Crippen LogP contribution is -2.38. The van der Waals surface area contributed by atoms with E-state index in [0.29, 0.717) is 6.54 Å². The summed E-state index contributed by atoms with van der Waals surface area (Å²) in [7, 11) is 0. The first-order valence-corrected chi connectivity index (χ1v) is 5.46. The molecule has 0 bridgehead atoms. The van der Waals surface area contributed by atoms with Crippen LogP contribution >= 0.6 is 0 Å². The summed E-state index contributed by atoms with van der Waals surface area (Å²) in [5.74, 6) is 0. The molecule has 0 aromatic rings. The van der Waals surface area contributed by atoms with Crippen LogP contribution in [-0.4, -0.2) is 38.1 Å². The van der Waals surface area contributed by atoms with Gasteiger partial charge in [0.05, 0.1) is 18.8 Å². The Morgan fingerprint density at radius 2 is 1.75 bits per heavy atom. The summed E-state index contributed by atoms with van der Waals surface area (Å²) < 4.78 is 45.2. The standard InChI is InChI=1S/C10H18F3NO2/c11-10(12,13)8-15-5-6-16-9(7-14)3-1-2-4-9/h1-8,14H2. The van der Waals surface area contributed by atoms with E-state index >= 15 is 0 Å². The number of nitrogens with two attached hydrogens (primary N) is 1. The van der Waals surface area contributed by atoms with Crippen molar-refractivity contribution in [1.29, 1.82) is 0 Å². The third kappa shape index (κ3) is 4.67. The smallest absolute Gasteiger partial charge is 0.371 e. The molecule has 0 heterocycles. The zero-order chi connectivity index (χ0) is 12.1. The van der Waals surface area contributed by atoms with Crippen molar-refractivity contribution in [3.63, 3.8) is 0 Å². The summed E-state index contributed by atoms with van der Waals surface area (Å²) in [6, 6.07) is 0. The minimum atomic E-state index is -4.26. The van der Waals surface area contributed by atoms with Crippen molar-refractivity contribution in [1.82, 2.24) is 0 Å². The van der Waals surface area contributed by atoms with Crippen molar-refractivity contribution in [3.8, 4) is 0 Å². The van der Waals surface area contributed by atoms with Crippen LogP contribution < -0.4 is 5.73 Å². The highest BCUT2D eigenvalue weighted by Crippen LogP contribution is 2.32. The molecule has 1 aliphatic carbocycles. The second-order valence-corrected chi connectivity index (χ2v) is 4.11. The molecule has 1 fully saturated rings. The normalized spacial score (nSPS) is 20.2. The number of halogens is 3. The Labute approximate surface area is 93.1 Å². The summed E-state index contributed by atoms with van der Waals surface area (Å²) >= 11 is 0. The van der Waals surface area contributed by atoms with E-state index in [-0.39, 0.29) is 18.8 Å². The molecule has 96 valence electrons. The molecular weight excluding hydrogens is 223 g/mol. The highest BCUT2D eigenvalue weighted by atomic mass is 19.4. The molecule has 0 aromatic heterocycles. The van der Waals surface area contributed by atoms with Crippen LogP contribution in [0.2, 0.25) is 0 Å². The molecule has 1 rings (SSSR count). The van der Waals surface area contributed by atoms with E-state index in [1.807, 2.05) is 0 Å². The Morgan fingerprint density at radius 1 is 1.12 bits per heavy atom. The maximum absolute atomic E-state index is 11.7. The van der Waals surface area contributed by atoms with Gasteiger partial charge < -0.3 is 15.2 Å². The summed E-state index contributed by atoms with van der Waals surface area (Å²) in [6.45, 7) is -0.660. The molecule has 6 heteroatoms. The number of alkyl halides is 3. The van der Waals surface area contributed by atoms with Crippen LogP contribution in [0.25, 0.3) is 0 Å². The molecule has 1 aliphatic rings. The predicted molar refractivity (Wildman–Crippen MR) is 53.1 cm³/mol. The van der Waals surface area contributed by atoms with Crippen molar-refractivity contribution < 1.29 is 22.6 Å². The average molecular weight is 241 g/mol. The Bertz CT molecular complexity index is 203. The van der Waals surface area contributed by atoms with Crippen LogP contribution in [0.4, 0.5) is 13.2 Å².